The van der Waals surface area contributed by atoms with Gasteiger partial charge in [0, 0.05) is 48.0 Å². The van der Waals surface area contributed by atoms with Crippen LogP contribution in [0.1, 0.15) is 23.1 Å². The highest BCUT2D eigenvalue weighted by molar-refractivity contribution is 5.85. The van der Waals surface area contributed by atoms with Crippen molar-refractivity contribution in [3.05, 3.63) is 102 Å². The molecule has 0 saturated heterocycles. The van der Waals surface area contributed by atoms with Crippen molar-refractivity contribution in [2.75, 3.05) is 0 Å². The van der Waals surface area contributed by atoms with Gasteiger partial charge >= 0.3 is 0 Å². The Kier molecular flexibility index (Phi) is 5.66. The number of carbonyl (C=O) groups excluding carboxylic acids is 1. The second-order valence-corrected chi connectivity index (χ2v) is 7.03. The molecule has 0 spiro atoms. The molecule has 1 N–H and O–H groups in total. The molecule has 4 rings (SSSR count). The van der Waals surface area contributed by atoms with Gasteiger partial charge in [-0.05, 0) is 35.7 Å². The number of hydrogen-bond donors (Lipinski definition) is 1. The highest BCUT2D eigenvalue weighted by atomic mass is 19.1. The number of amides is 1. The van der Waals surface area contributed by atoms with E-state index in [-0.39, 0.29) is 11.7 Å². The van der Waals surface area contributed by atoms with Gasteiger partial charge in [-0.2, -0.15) is 0 Å². The van der Waals surface area contributed by atoms with E-state index in [4.69, 9.17) is 0 Å². The first-order valence-electron chi connectivity index (χ1n) is 9.66. The molecule has 1 amide bonds. The molecule has 2 aromatic heterocycles. The van der Waals surface area contributed by atoms with E-state index in [0.29, 0.717) is 31.5 Å². The molecule has 2 heterocycles. The van der Waals surface area contributed by atoms with Gasteiger partial charge in [0.2, 0.25) is 5.91 Å². The van der Waals surface area contributed by atoms with Crippen molar-refractivity contribution >= 4 is 16.8 Å². The standard InChI is InChI=1S/C24H22FN3O/c25-22-9-3-1-7-20(22)17-28-16-19(21-8-2-4-10-23(21)28)11-12-24(29)27-15-18-6-5-13-26-14-18/h1-10,13-14,16H,11-12,15,17H2,(H,27,29). The maximum atomic E-state index is 14.1. The van der Waals surface area contributed by atoms with Crippen molar-refractivity contribution in [1.82, 2.24) is 14.9 Å². The highest BCUT2D eigenvalue weighted by Crippen LogP contribution is 2.24. The van der Waals surface area contributed by atoms with Crippen LogP contribution in [0.2, 0.25) is 0 Å². The molecule has 146 valence electrons. The van der Waals surface area contributed by atoms with E-state index in [1.165, 1.54) is 6.07 Å². The van der Waals surface area contributed by atoms with Crippen LogP contribution in [-0.4, -0.2) is 15.5 Å². The molecule has 4 nitrogen and oxygen atoms in total. The summed E-state index contributed by atoms with van der Waals surface area (Å²) in [6.07, 6.45) is 6.52. The summed E-state index contributed by atoms with van der Waals surface area (Å²) in [7, 11) is 0. The molecule has 0 unspecified atom stereocenters. The molecule has 0 atom stereocenters. The van der Waals surface area contributed by atoms with E-state index in [1.54, 1.807) is 24.5 Å². The Morgan fingerprint density at radius 1 is 1.00 bits per heavy atom. The smallest absolute Gasteiger partial charge is 0.220 e. The first-order valence-corrected chi connectivity index (χ1v) is 9.66. The Labute approximate surface area is 169 Å². The molecule has 5 heteroatoms. The minimum absolute atomic E-state index is 0.000196. The van der Waals surface area contributed by atoms with E-state index in [1.807, 2.05) is 42.6 Å². The lowest BCUT2D eigenvalue weighted by Crippen LogP contribution is -2.23. The van der Waals surface area contributed by atoms with Crippen molar-refractivity contribution in [3.8, 4) is 0 Å². The van der Waals surface area contributed by atoms with Crippen LogP contribution in [0.15, 0.2) is 79.3 Å². The molecule has 0 aliphatic carbocycles. The number of aromatic nitrogens is 2. The van der Waals surface area contributed by atoms with Gasteiger partial charge in [0.05, 0.1) is 6.54 Å². The molecule has 0 saturated carbocycles. The summed E-state index contributed by atoms with van der Waals surface area (Å²) < 4.78 is 16.1. The molecule has 0 radical (unpaired) electrons. The zero-order valence-electron chi connectivity index (χ0n) is 16.0. The van der Waals surface area contributed by atoms with Gasteiger partial charge in [0.1, 0.15) is 5.82 Å². The Bertz CT molecular complexity index is 1120. The topological polar surface area (TPSA) is 46.9 Å². The zero-order chi connectivity index (χ0) is 20.1. The van der Waals surface area contributed by atoms with E-state index >= 15 is 0 Å². The van der Waals surface area contributed by atoms with Crippen LogP contribution in [0.4, 0.5) is 4.39 Å². The number of rotatable bonds is 7. The molecule has 0 aliphatic rings. The number of hydrogen-bond acceptors (Lipinski definition) is 2. The first-order chi connectivity index (χ1) is 14.2. The number of para-hydroxylation sites is 1. The average molecular weight is 387 g/mol. The number of benzene rings is 2. The van der Waals surface area contributed by atoms with Crippen molar-refractivity contribution in [2.45, 2.75) is 25.9 Å². The number of fused-ring (bicyclic) bond motifs is 1. The number of nitrogens with zero attached hydrogens (tertiary/aromatic N) is 2. The van der Waals surface area contributed by atoms with Crippen LogP contribution < -0.4 is 5.32 Å². The Morgan fingerprint density at radius 2 is 1.83 bits per heavy atom. The normalized spacial score (nSPS) is 10.9. The summed E-state index contributed by atoms with van der Waals surface area (Å²) in [4.78, 5) is 16.3. The van der Waals surface area contributed by atoms with E-state index in [9.17, 15) is 9.18 Å². The monoisotopic (exact) mass is 387 g/mol. The SMILES string of the molecule is O=C(CCc1cn(Cc2ccccc2F)c2ccccc12)NCc1cccnc1. The van der Waals surface area contributed by atoms with E-state index in [2.05, 4.69) is 20.9 Å². The van der Waals surface area contributed by atoms with E-state index in [0.717, 1.165) is 22.0 Å². The largest absolute Gasteiger partial charge is 0.352 e. The van der Waals surface area contributed by atoms with Crippen molar-refractivity contribution < 1.29 is 9.18 Å². The molecular formula is C24H22FN3O. The molecule has 0 fully saturated rings. The fourth-order valence-corrected chi connectivity index (χ4v) is 3.50. The van der Waals surface area contributed by atoms with Gasteiger partial charge in [-0.25, -0.2) is 4.39 Å². The molecule has 29 heavy (non-hydrogen) atoms. The van der Waals surface area contributed by atoms with Gasteiger partial charge in [-0.15, -0.1) is 0 Å². The summed E-state index contributed by atoms with van der Waals surface area (Å²) in [5, 5.41) is 4.04. The fourth-order valence-electron chi connectivity index (χ4n) is 3.50. The van der Waals surface area contributed by atoms with E-state index < -0.39 is 0 Å². The maximum Gasteiger partial charge on any atom is 0.220 e. The van der Waals surface area contributed by atoms with Crippen molar-refractivity contribution in [3.63, 3.8) is 0 Å². The third-order valence-corrected chi connectivity index (χ3v) is 5.00. The number of aryl methyl sites for hydroxylation is 1. The van der Waals surface area contributed by atoms with Gasteiger partial charge in [-0.3, -0.25) is 9.78 Å². The molecule has 0 aliphatic heterocycles. The van der Waals surface area contributed by atoms with Crippen LogP contribution in [-0.2, 0) is 24.3 Å². The van der Waals surface area contributed by atoms with Crippen molar-refractivity contribution in [2.24, 2.45) is 0 Å². The van der Waals surface area contributed by atoms with Crippen LogP contribution in [0, 0.1) is 5.82 Å². The fraction of sp³-hybridized carbons (Fsp3) is 0.167. The van der Waals surface area contributed by atoms with Crippen LogP contribution in [0.3, 0.4) is 0 Å². The predicted octanol–water partition coefficient (Wildman–Crippen LogP) is 4.47. The minimum atomic E-state index is -0.207. The Hall–Kier alpha value is -3.47. The van der Waals surface area contributed by atoms with Gasteiger partial charge in [0.15, 0.2) is 0 Å². The third kappa shape index (κ3) is 4.51. The molecule has 2 aromatic carbocycles. The van der Waals surface area contributed by atoms with Crippen LogP contribution >= 0.6 is 0 Å². The summed E-state index contributed by atoms with van der Waals surface area (Å²) >= 11 is 0. The first kappa shape index (κ1) is 18.9. The van der Waals surface area contributed by atoms with Gasteiger partial charge in [0.25, 0.3) is 0 Å². The van der Waals surface area contributed by atoms with Gasteiger partial charge in [-0.1, -0.05) is 42.5 Å². The van der Waals surface area contributed by atoms with Gasteiger partial charge < -0.3 is 9.88 Å². The lowest BCUT2D eigenvalue weighted by molar-refractivity contribution is -0.121. The number of carbonyl (C=O) groups is 1. The summed E-state index contributed by atoms with van der Waals surface area (Å²) in [6, 6.07) is 18.7. The number of nitrogens with one attached hydrogen (secondary N) is 1. The second kappa shape index (κ2) is 8.69. The molecule has 4 aromatic rings. The minimum Gasteiger partial charge on any atom is -0.352 e. The summed E-state index contributed by atoms with van der Waals surface area (Å²) in [6.45, 7) is 0.933. The summed E-state index contributed by atoms with van der Waals surface area (Å²) in [5.41, 5.74) is 3.76. The second-order valence-electron chi connectivity index (χ2n) is 7.03. The number of pyridine rings is 1. The van der Waals surface area contributed by atoms with Crippen molar-refractivity contribution in [1.29, 1.82) is 0 Å². The highest BCUT2D eigenvalue weighted by Gasteiger charge is 2.11. The summed E-state index contributed by atoms with van der Waals surface area (Å²) in [5.74, 6) is -0.207. The zero-order valence-corrected chi connectivity index (χ0v) is 16.0. The quantitative estimate of drug-likeness (QED) is 0.508. The Morgan fingerprint density at radius 3 is 2.66 bits per heavy atom. The van der Waals surface area contributed by atoms with Crippen LogP contribution in [0.25, 0.3) is 10.9 Å². The third-order valence-electron chi connectivity index (χ3n) is 5.00. The number of halogens is 1. The van der Waals surface area contributed by atoms with Crippen LogP contribution in [0.5, 0.6) is 0 Å². The lowest BCUT2D eigenvalue weighted by atomic mass is 10.1. The predicted molar refractivity (Wildman–Crippen MR) is 112 cm³/mol. The molecular weight excluding hydrogens is 365 g/mol. The molecule has 0 bridgehead atoms. The maximum absolute atomic E-state index is 14.1. The Balaban J connectivity index is 1.46. The average Bonchev–Trinajstić information content (AvgIpc) is 3.11. The lowest BCUT2D eigenvalue weighted by Gasteiger charge is -2.06.